The Morgan fingerprint density at radius 2 is 1.87 bits per heavy atom. The summed E-state index contributed by atoms with van der Waals surface area (Å²) in [6, 6.07) is 1.01. The lowest BCUT2D eigenvalue weighted by Gasteiger charge is -2.07. The quantitative estimate of drug-likeness (QED) is 0.726. The Kier molecular flexibility index (Phi) is 2.97. The summed E-state index contributed by atoms with van der Waals surface area (Å²) >= 11 is 5.29. The number of hydrogen-bond acceptors (Lipinski definition) is 3. The predicted molar refractivity (Wildman–Crippen MR) is 47.4 cm³/mol. The summed E-state index contributed by atoms with van der Waals surface area (Å²) in [5.74, 6) is 0. The van der Waals surface area contributed by atoms with Gasteiger partial charge in [-0.1, -0.05) is 11.6 Å². The Morgan fingerprint density at radius 3 is 2.27 bits per heavy atom. The summed E-state index contributed by atoms with van der Waals surface area (Å²) in [5, 5.41) is -1.20. The minimum Gasteiger partial charge on any atom is -0.225 e. The monoisotopic (exact) mass is 259 g/mol. The minimum atomic E-state index is -4.65. The van der Waals surface area contributed by atoms with Crippen LogP contribution in [0.25, 0.3) is 0 Å². The SMILES string of the molecule is CS(=O)(=O)c1cc(C(F)(F)F)cc(Cl)n1. The van der Waals surface area contributed by atoms with Gasteiger partial charge in [0.2, 0.25) is 0 Å². The van der Waals surface area contributed by atoms with E-state index in [0.29, 0.717) is 12.1 Å². The van der Waals surface area contributed by atoms with Crippen LogP contribution >= 0.6 is 11.6 Å². The first kappa shape index (κ1) is 12.3. The summed E-state index contributed by atoms with van der Waals surface area (Å²) in [7, 11) is -3.80. The van der Waals surface area contributed by atoms with Gasteiger partial charge < -0.3 is 0 Å². The first-order valence-electron chi connectivity index (χ1n) is 3.55. The van der Waals surface area contributed by atoms with Crippen LogP contribution in [0.1, 0.15) is 5.56 Å². The second-order valence-corrected chi connectivity index (χ2v) is 5.14. The molecule has 1 heterocycles. The Morgan fingerprint density at radius 1 is 1.33 bits per heavy atom. The molecule has 15 heavy (non-hydrogen) atoms. The highest BCUT2D eigenvalue weighted by atomic mass is 35.5. The van der Waals surface area contributed by atoms with Crippen LogP contribution < -0.4 is 0 Å². The van der Waals surface area contributed by atoms with E-state index in [0.717, 1.165) is 6.26 Å². The van der Waals surface area contributed by atoms with Gasteiger partial charge in [0, 0.05) is 6.26 Å². The fourth-order valence-corrected chi connectivity index (χ4v) is 1.69. The van der Waals surface area contributed by atoms with E-state index in [-0.39, 0.29) is 0 Å². The average Bonchev–Trinajstić information content (AvgIpc) is 1.99. The Hall–Kier alpha value is -0.820. The summed E-state index contributed by atoms with van der Waals surface area (Å²) in [4.78, 5) is 3.30. The van der Waals surface area contributed by atoms with Crippen LogP contribution in [-0.2, 0) is 16.0 Å². The second-order valence-electron chi connectivity index (χ2n) is 2.79. The third kappa shape index (κ3) is 3.07. The fraction of sp³-hybridized carbons (Fsp3) is 0.286. The lowest BCUT2D eigenvalue weighted by molar-refractivity contribution is -0.137. The van der Waals surface area contributed by atoms with E-state index < -0.39 is 31.8 Å². The highest BCUT2D eigenvalue weighted by Gasteiger charge is 2.32. The zero-order valence-corrected chi connectivity index (χ0v) is 8.91. The van der Waals surface area contributed by atoms with Gasteiger partial charge in [-0.3, -0.25) is 0 Å². The lowest BCUT2D eigenvalue weighted by atomic mass is 10.3. The summed E-state index contributed by atoms with van der Waals surface area (Å²) in [5.41, 5.74) is -1.14. The Balaban J connectivity index is 3.43. The highest BCUT2D eigenvalue weighted by molar-refractivity contribution is 7.90. The molecular formula is C7H5ClF3NO2S. The van der Waals surface area contributed by atoms with Crippen molar-refractivity contribution in [3.05, 3.63) is 22.8 Å². The normalized spacial score (nSPS) is 12.9. The van der Waals surface area contributed by atoms with Crippen LogP contribution in [0, 0.1) is 0 Å². The van der Waals surface area contributed by atoms with Gasteiger partial charge in [-0.05, 0) is 12.1 Å². The fourth-order valence-electron chi connectivity index (χ4n) is 0.826. The number of sulfone groups is 1. The molecule has 1 rings (SSSR count). The molecule has 84 valence electrons. The van der Waals surface area contributed by atoms with Gasteiger partial charge in [0.25, 0.3) is 0 Å². The van der Waals surface area contributed by atoms with E-state index in [9.17, 15) is 21.6 Å². The average molecular weight is 260 g/mol. The maximum Gasteiger partial charge on any atom is 0.416 e. The van der Waals surface area contributed by atoms with E-state index in [1.165, 1.54) is 0 Å². The molecule has 0 saturated heterocycles. The molecular weight excluding hydrogens is 255 g/mol. The number of rotatable bonds is 1. The van der Waals surface area contributed by atoms with Crippen molar-refractivity contribution in [3.63, 3.8) is 0 Å². The molecule has 0 aliphatic rings. The number of halogens is 4. The Bertz CT molecular complexity index is 483. The van der Waals surface area contributed by atoms with Crippen molar-refractivity contribution in [2.45, 2.75) is 11.2 Å². The highest BCUT2D eigenvalue weighted by Crippen LogP contribution is 2.31. The van der Waals surface area contributed by atoms with Crippen molar-refractivity contribution in [2.75, 3.05) is 6.26 Å². The molecule has 3 nitrogen and oxygen atoms in total. The summed E-state index contributed by atoms with van der Waals surface area (Å²) < 4.78 is 58.7. The van der Waals surface area contributed by atoms with Gasteiger partial charge in [0.15, 0.2) is 14.9 Å². The molecule has 0 aliphatic heterocycles. The third-order valence-electron chi connectivity index (χ3n) is 1.48. The van der Waals surface area contributed by atoms with E-state index >= 15 is 0 Å². The molecule has 0 bridgehead atoms. The minimum absolute atomic E-state index is 0.446. The van der Waals surface area contributed by atoms with Crippen molar-refractivity contribution >= 4 is 21.4 Å². The number of aromatic nitrogens is 1. The first-order chi connectivity index (χ1) is 6.60. The summed E-state index contributed by atoms with van der Waals surface area (Å²) in [6.07, 6.45) is -3.89. The molecule has 0 aromatic carbocycles. The molecule has 1 aromatic heterocycles. The maximum atomic E-state index is 12.3. The van der Waals surface area contributed by atoms with E-state index in [1.807, 2.05) is 0 Å². The predicted octanol–water partition coefficient (Wildman–Crippen LogP) is 2.16. The molecule has 0 atom stereocenters. The molecule has 8 heteroatoms. The van der Waals surface area contributed by atoms with Crippen molar-refractivity contribution in [1.29, 1.82) is 0 Å². The molecule has 0 spiro atoms. The van der Waals surface area contributed by atoms with Gasteiger partial charge in [-0.2, -0.15) is 13.2 Å². The molecule has 0 saturated carbocycles. The molecule has 0 radical (unpaired) electrons. The zero-order chi connectivity index (χ0) is 11.9. The summed E-state index contributed by atoms with van der Waals surface area (Å²) in [6.45, 7) is 0. The maximum absolute atomic E-state index is 12.3. The topological polar surface area (TPSA) is 47.0 Å². The third-order valence-corrected chi connectivity index (χ3v) is 2.64. The van der Waals surface area contributed by atoms with Gasteiger partial charge in [0.05, 0.1) is 5.56 Å². The van der Waals surface area contributed by atoms with Gasteiger partial charge >= 0.3 is 6.18 Å². The number of pyridine rings is 1. The van der Waals surface area contributed by atoms with Gasteiger partial charge in [-0.15, -0.1) is 0 Å². The van der Waals surface area contributed by atoms with Crippen LogP contribution in [0.5, 0.6) is 0 Å². The number of alkyl halides is 3. The standard InChI is InChI=1S/C7H5ClF3NO2S/c1-15(13,14)6-3-4(7(9,10)11)2-5(8)12-6/h2-3H,1H3. The van der Waals surface area contributed by atoms with Crippen LogP contribution in [0.3, 0.4) is 0 Å². The largest absolute Gasteiger partial charge is 0.416 e. The van der Waals surface area contributed by atoms with Gasteiger partial charge in [0.1, 0.15) is 5.15 Å². The van der Waals surface area contributed by atoms with Crippen molar-refractivity contribution in [3.8, 4) is 0 Å². The first-order valence-corrected chi connectivity index (χ1v) is 5.82. The molecule has 0 aliphatic carbocycles. The van der Waals surface area contributed by atoms with Crippen LogP contribution in [0.4, 0.5) is 13.2 Å². The van der Waals surface area contributed by atoms with Crippen LogP contribution in [-0.4, -0.2) is 19.7 Å². The van der Waals surface area contributed by atoms with Crippen LogP contribution in [0.15, 0.2) is 17.2 Å². The van der Waals surface area contributed by atoms with E-state index in [4.69, 9.17) is 11.6 Å². The zero-order valence-electron chi connectivity index (χ0n) is 7.34. The molecule has 1 aromatic rings. The Labute approximate surface area is 88.8 Å². The molecule has 0 fully saturated rings. The smallest absolute Gasteiger partial charge is 0.225 e. The van der Waals surface area contributed by atoms with Crippen molar-refractivity contribution < 1.29 is 21.6 Å². The second kappa shape index (κ2) is 3.64. The molecule has 0 amide bonds. The number of hydrogen-bond donors (Lipinski definition) is 0. The lowest BCUT2D eigenvalue weighted by Crippen LogP contribution is -2.09. The van der Waals surface area contributed by atoms with E-state index in [1.54, 1.807) is 0 Å². The van der Waals surface area contributed by atoms with E-state index in [2.05, 4.69) is 4.98 Å². The molecule has 0 unspecified atom stereocenters. The molecule has 0 N–H and O–H groups in total. The van der Waals surface area contributed by atoms with Gasteiger partial charge in [-0.25, -0.2) is 13.4 Å². The van der Waals surface area contributed by atoms with Crippen molar-refractivity contribution in [2.24, 2.45) is 0 Å². The number of nitrogens with zero attached hydrogens (tertiary/aromatic N) is 1. The van der Waals surface area contributed by atoms with Crippen LogP contribution in [0.2, 0.25) is 5.15 Å². The van der Waals surface area contributed by atoms with Crippen molar-refractivity contribution in [1.82, 2.24) is 4.98 Å².